The molecule has 0 heterocycles. The predicted octanol–water partition coefficient (Wildman–Crippen LogP) is 0.665. The summed E-state index contributed by atoms with van der Waals surface area (Å²) in [5.41, 5.74) is 5.73. The van der Waals surface area contributed by atoms with Gasteiger partial charge in [-0.05, 0) is 17.7 Å². The van der Waals surface area contributed by atoms with E-state index in [0.717, 1.165) is 0 Å². The Labute approximate surface area is 76.5 Å². The van der Waals surface area contributed by atoms with E-state index in [0.29, 0.717) is 11.3 Å². The lowest BCUT2D eigenvalue weighted by molar-refractivity contribution is 0.245. The molecule has 1 rings (SSSR count). The van der Waals surface area contributed by atoms with Gasteiger partial charge in [-0.15, -0.1) is 0 Å². The third-order valence-corrected chi connectivity index (χ3v) is 1.73. The smallest absolute Gasteiger partial charge is 0.135 e. The van der Waals surface area contributed by atoms with Gasteiger partial charge < -0.3 is 15.6 Å². The fraction of sp³-hybridized carbons (Fsp3) is 0.222. The van der Waals surface area contributed by atoms with E-state index >= 15 is 0 Å². The van der Waals surface area contributed by atoms with Gasteiger partial charge in [-0.25, -0.2) is 0 Å². The first-order valence-corrected chi connectivity index (χ1v) is 3.81. The SMILES string of the molecule is COc1ccc(C(O)C(=N)N)cc1. The Balaban J connectivity index is 2.85. The third kappa shape index (κ3) is 2.19. The number of nitrogens with two attached hydrogens (primary N) is 1. The van der Waals surface area contributed by atoms with Crippen LogP contribution in [0.2, 0.25) is 0 Å². The highest BCUT2D eigenvalue weighted by atomic mass is 16.5. The molecule has 0 aliphatic heterocycles. The van der Waals surface area contributed by atoms with Crippen molar-refractivity contribution in [3.05, 3.63) is 29.8 Å². The lowest BCUT2D eigenvalue weighted by atomic mass is 10.1. The zero-order valence-corrected chi connectivity index (χ0v) is 7.32. The molecule has 0 aliphatic carbocycles. The molecule has 0 amide bonds. The van der Waals surface area contributed by atoms with Gasteiger partial charge >= 0.3 is 0 Å². The van der Waals surface area contributed by atoms with Crippen molar-refractivity contribution in [2.24, 2.45) is 5.73 Å². The number of ether oxygens (including phenoxy) is 1. The maximum Gasteiger partial charge on any atom is 0.135 e. The van der Waals surface area contributed by atoms with Crippen LogP contribution in [0.1, 0.15) is 11.7 Å². The maximum atomic E-state index is 9.37. The van der Waals surface area contributed by atoms with Crippen LogP contribution < -0.4 is 10.5 Å². The summed E-state index contributed by atoms with van der Waals surface area (Å²) in [5.74, 6) is 0.449. The molecular formula is C9H12N2O2. The molecule has 0 fully saturated rings. The highest BCUT2D eigenvalue weighted by Gasteiger charge is 2.09. The van der Waals surface area contributed by atoms with E-state index in [2.05, 4.69) is 0 Å². The quantitative estimate of drug-likeness (QED) is 0.472. The van der Waals surface area contributed by atoms with Crippen molar-refractivity contribution in [2.75, 3.05) is 7.11 Å². The van der Waals surface area contributed by atoms with Gasteiger partial charge in [0.1, 0.15) is 17.7 Å². The zero-order chi connectivity index (χ0) is 9.84. The Morgan fingerprint density at radius 3 is 2.38 bits per heavy atom. The van der Waals surface area contributed by atoms with Crippen LogP contribution in [-0.2, 0) is 0 Å². The molecule has 1 aromatic carbocycles. The van der Waals surface area contributed by atoms with Crippen LogP contribution in [0.5, 0.6) is 5.75 Å². The van der Waals surface area contributed by atoms with Crippen molar-refractivity contribution in [1.82, 2.24) is 0 Å². The van der Waals surface area contributed by atoms with Gasteiger partial charge in [0.15, 0.2) is 0 Å². The summed E-state index contributed by atoms with van der Waals surface area (Å²) in [5, 5.41) is 16.4. The summed E-state index contributed by atoms with van der Waals surface area (Å²) in [7, 11) is 1.57. The van der Waals surface area contributed by atoms with Crippen molar-refractivity contribution in [3.8, 4) is 5.75 Å². The summed E-state index contributed by atoms with van der Waals surface area (Å²) in [6.45, 7) is 0. The fourth-order valence-corrected chi connectivity index (χ4v) is 0.966. The molecular weight excluding hydrogens is 168 g/mol. The first-order chi connectivity index (χ1) is 6.15. The topological polar surface area (TPSA) is 79.3 Å². The molecule has 0 saturated heterocycles. The Bertz CT molecular complexity index is 295. The number of methoxy groups -OCH3 is 1. The molecule has 0 spiro atoms. The van der Waals surface area contributed by atoms with Gasteiger partial charge in [-0.2, -0.15) is 0 Å². The van der Waals surface area contributed by atoms with E-state index in [9.17, 15) is 5.11 Å². The van der Waals surface area contributed by atoms with Crippen LogP contribution >= 0.6 is 0 Å². The first kappa shape index (κ1) is 9.54. The molecule has 1 aromatic rings. The van der Waals surface area contributed by atoms with Gasteiger partial charge in [-0.3, -0.25) is 5.41 Å². The molecule has 70 valence electrons. The molecule has 4 nitrogen and oxygen atoms in total. The van der Waals surface area contributed by atoms with E-state index in [1.165, 1.54) is 0 Å². The number of nitrogens with one attached hydrogen (secondary N) is 1. The lowest BCUT2D eigenvalue weighted by Crippen LogP contribution is -2.19. The number of hydrogen-bond acceptors (Lipinski definition) is 3. The van der Waals surface area contributed by atoms with E-state index in [1.54, 1.807) is 31.4 Å². The molecule has 4 heteroatoms. The number of hydrogen-bond donors (Lipinski definition) is 3. The molecule has 1 atom stereocenters. The molecule has 0 bridgehead atoms. The van der Waals surface area contributed by atoms with Gasteiger partial charge in [-0.1, -0.05) is 12.1 Å². The van der Waals surface area contributed by atoms with Crippen LogP contribution in [0.3, 0.4) is 0 Å². The van der Waals surface area contributed by atoms with E-state index in [1.807, 2.05) is 0 Å². The molecule has 0 radical (unpaired) electrons. The van der Waals surface area contributed by atoms with Gasteiger partial charge in [0.2, 0.25) is 0 Å². The lowest BCUT2D eigenvalue weighted by Gasteiger charge is -2.08. The first-order valence-electron chi connectivity index (χ1n) is 3.81. The maximum absolute atomic E-state index is 9.37. The highest BCUT2D eigenvalue weighted by Crippen LogP contribution is 2.16. The largest absolute Gasteiger partial charge is 0.497 e. The molecule has 0 aromatic heterocycles. The van der Waals surface area contributed by atoms with Crippen molar-refractivity contribution < 1.29 is 9.84 Å². The Morgan fingerprint density at radius 2 is 2.00 bits per heavy atom. The molecule has 0 saturated carbocycles. The number of aliphatic hydroxyl groups is 1. The monoisotopic (exact) mass is 180 g/mol. The van der Waals surface area contributed by atoms with Crippen LogP contribution in [-0.4, -0.2) is 18.1 Å². The number of benzene rings is 1. The Hall–Kier alpha value is -1.55. The van der Waals surface area contributed by atoms with Crippen LogP contribution in [0.15, 0.2) is 24.3 Å². The third-order valence-electron chi connectivity index (χ3n) is 1.73. The Morgan fingerprint density at radius 1 is 1.46 bits per heavy atom. The molecule has 0 aliphatic rings. The summed E-state index contributed by atoms with van der Waals surface area (Å²) in [6.07, 6.45) is -1.02. The number of aliphatic hydroxyl groups excluding tert-OH is 1. The minimum absolute atomic E-state index is 0.259. The average Bonchev–Trinajstić information content (AvgIpc) is 2.17. The summed E-state index contributed by atoms with van der Waals surface area (Å²) >= 11 is 0. The van der Waals surface area contributed by atoms with Gasteiger partial charge in [0.25, 0.3) is 0 Å². The minimum Gasteiger partial charge on any atom is -0.497 e. The normalized spacial score (nSPS) is 12.2. The number of amidine groups is 1. The van der Waals surface area contributed by atoms with E-state index < -0.39 is 6.10 Å². The second-order valence-electron chi connectivity index (χ2n) is 2.63. The molecule has 4 N–H and O–H groups in total. The summed E-state index contributed by atoms with van der Waals surface area (Å²) in [4.78, 5) is 0. The minimum atomic E-state index is -1.02. The summed E-state index contributed by atoms with van der Waals surface area (Å²) < 4.78 is 4.94. The van der Waals surface area contributed by atoms with Gasteiger partial charge in [0.05, 0.1) is 7.11 Å². The summed E-state index contributed by atoms with van der Waals surface area (Å²) in [6, 6.07) is 6.76. The van der Waals surface area contributed by atoms with Gasteiger partial charge in [0, 0.05) is 0 Å². The van der Waals surface area contributed by atoms with Crippen LogP contribution in [0.4, 0.5) is 0 Å². The highest BCUT2D eigenvalue weighted by molar-refractivity contribution is 5.82. The second-order valence-corrected chi connectivity index (χ2v) is 2.63. The van der Waals surface area contributed by atoms with Crippen molar-refractivity contribution in [3.63, 3.8) is 0 Å². The standard InChI is InChI=1S/C9H12N2O2/c1-13-7-4-2-6(3-5-7)8(12)9(10)11/h2-5,8,12H,1H3,(H3,10,11). The zero-order valence-electron chi connectivity index (χ0n) is 7.32. The van der Waals surface area contributed by atoms with Crippen molar-refractivity contribution in [1.29, 1.82) is 5.41 Å². The van der Waals surface area contributed by atoms with Crippen molar-refractivity contribution in [2.45, 2.75) is 6.10 Å². The molecule has 1 unspecified atom stereocenters. The van der Waals surface area contributed by atoms with E-state index in [4.69, 9.17) is 15.9 Å². The average molecular weight is 180 g/mol. The Kier molecular flexibility index (Phi) is 2.87. The van der Waals surface area contributed by atoms with Crippen LogP contribution in [0, 0.1) is 5.41 Å². The number of rotatable bonds is 3. The van der Waals surface area contributed by atoms with E-state index in [-0.39, 0.29) is 5.84 Å². The predicted molar refractivity (Wildman–Crippen MR) is 49.9 cm³/mol. The van der Waals surface area contributed by atoms with Crippen molar-refractivity contribution >= 4 is 5.84 Å². The molecule has 13 heavy (non-hydrogen) atoms. The second kappa shape index (κ2) is 3.91. The van der Waals surface area contributed by atoms with Crippen LogP contribution in [0.25, 0.3) is 0 Å². The fourth-order valence-electron chi connectivity index (χ4n) is 0.966.